The van der Waals surface area contributed by atoms with Crippen molar-refractivity contribution in [3.63, 3.8) is 0 Å². The quantitative estimate of drug-likeness (QED) is 0.807. The number of aryl methyl sites for hydroxylation is 1. The zero-order valence-corrected chi connectivity index (χ0v) is 12.5. The van der Waals surface area contributed by atoms with Crippen LogP contribution in [0.5, 0.6) is 0 Å². The van der Waals surface area contributed by atoms with Crippen LogP contribution in [0.15, 0.2) is 9.63 Å². The molecule has 0 spiro atoms. The fourth-order valence-electron chi connectivity index (χ4n) is 1.98. The Morgan fingerprint density at radius 3 is 2.89 bits per heavy atom. The molecule has 9 heteroatoms. The summed E-state index contributed by atoms with van der Waals surface area (Å²) in [6.07, 6.45) is 3.28. The first-order valence-electron chi connectivity index (χ1n) is 5.79. The fourth-order valence-corrected chi connectivity index (χ4v) is 4.16. The zero-order chi connectivity index (χ0) is 13.2. The largest absolute Gasteiger partial charge is 0.313 e. The molecule has 0 saturated carbocycles. The Morgan fingerprint density at radius 1 is 1.56 bits per heavy atom. The van der Waals surface area contributed by atoms with Gasteiger partial charge in [0.05, 0.1) is 0 Å². The summed E-state index contributed by atoms with van der Waals surface area (Å²) in [5, 5.41) is 10.7. The predicted molar refractivity (Wildman–Crippen MR) is 69.5 cm³/mol. The van der Waals surface area contributed by atoms with E-state index in [4.69, 9.17) is 0 Å². The minimum Gasteiger partial charge on any atom is -0.313 e. The summed E-state index contributed by atoms with van der Waals surface area (Å²) in [7, 11) is -2.03. The molecule has 0 bridgehead atoms. The van der Waals surface area contributed by atoms with Crippen molar-refractivity contribution in [2.45, 2.75) is 30.3 Å². The topological polar surface area (TPSA) is 88.9 Å². The Balaban J connectivity index is 2.03. The number of halogens is 1. The van der Waals surface area contributed by atoms with Crippen molar-refractivity contribution < 1.29 is 8.42 Å². The van der Waals surface area contributed by atoms with Crippen molar-refractivity contribution in [3.8, 4) is 0 Å². The molecule has 1 aromatic heterocycles. The average Bonchev–Trinajstić information content (AvgIpc) is 2.69. The molecule has 2 rings (SSSR count). The summed E-state index contributed by atoms with van der Waals surface area (Å²) in [5.41, 5.74) is 0. The van der Waals surface area contributed by atoms with Gasteiger partial charge in [-0.15, -0.1) is 5.10 Å². The van der Waals surface area contributed by atoms with Crippen LogP contribution in [0.1, 0.15) is 19.3 Å². The normalized spacial score (nSPS) is 21.1. The van der Waals surface area contributed by atoms with E-state index in [1.54, 1.807) is 7.05 Å². The van der Waals surface area contributed by atoms with E-state index in [1.165, 1.54) is 4.68 Å². The molecule has 1 aliphatic heterocycles. The number of rotatable bonds is 4. The first-order chi connectivity index (χ1) is 8.50. The Morgan fingerprint density at radius 2 is 2.33 bits per heavy atom. The van der Waals surface area contributed by atoms with Crippen molar-refractivity contribution in [2.75, 3.05) is 13.1 Å². The van der Waals surface area contributed by atoms with Gasteiger partial charge in [0.25, 0.3) is 10.0 Å². The molecule has 18 heavy (non-hydrogen) atoms. The lowest BCUT2D eigenvalue weighted by atomic mass is 10.1. The van der Waals surface area contributed by atoms with Crippen molar-refractivity contribution in [3.05, 3.63) is 4.60 Å². The molecule has 1 aromatic rings. The van der Waals surface area contributed by atoms with Gasteiger partial charge in [-0.2, -0.15) is 0 Å². The lowest BCUT2D eigenvalue weighted by Gasteiger charge is -2.23. The first-order valence-corrected chi connectivity index (χ1v) is 8.06. The predicted octanol–water partition coefficient (Wildman–Crippen LogP) is -0.00200. The summed E-state index contributed by atoms with van der Waals surface area (Å²) in [5.74, 6) is 0. The number of piperidine rings is 1. The molecule has 1 fully saturated rings. The van der Waals surface area contributed by atoms with E-state index in [-0.39, 0.29) is 15.7 Å². The first kappa shape index (κ1) is 13.9. The van der Waals surface area contributed by atoms with E-state index >= 15 is 0 Å². The van der Waals surface area contributed by atoms with Gasteiger partial charge in [0.2, 0.25) is 5.03 Å². The van der Waals surface area contributed by atoms with Crippen LogP contribution < -0.4 is 10.0 Å². The van der Waals surface area contributed by atoms with Gasteiger partial charge in [0.1, 0.15) is 0 Å². The number of nitrogens with one attached hydrogen (secondary N) is 2. The number of hydrogen-bond donors (Lipinski definition) is 2. The third kappa shape index (κ3) is 3.08. The van der Waals surface area contributed by atoms with Crippen LogP contribution in [0.2, 0.25) is 0 Å². The number of nitrogens with zero attached hydrogens (tertiary/aromatic N) is 3. The molecule has 0 amide bonds. The second-order valence-electron chi connectivity index (χ2n) is 4.31. The van der Waals surface area contributed by atoms with E-state index in [0.717, 1.165) is 25.8 Å². The van der Waals surface area contributed by atoms with Gasteiger partial charge >= 0.3 is 0 Å². The van der Waals surface area contributed by atoms with Crippen LogP contribution >= 0.6 is 15.9 Å². The van der Waals surface area contributed by atoms with Gasteiger partial charge in [-0.25, -0.2) is 17.8 Å². The van der Waals surface area contributed by atoms with Gasteiger partial charge < -0.3 is 5.32 Å². The highest BCUT2D eigenvalue weighted by molar-refractivity contribution is 9.10. The molecule has 1 atom stereocenters. The molecule has 7 nitrogen and oxygen atoms in total. The highest BCUT2D eigenvalue weighted by atomic mass is 79.9. The molecule has 102 valence electrons. The minimum atomic E-state index is -3.58. The smallest absolute Gasteiger partial charge is 0.260 e. The van der Waals surface area contributed by atoms with Gasteiger partial charge in [-0.05, 0) is 35.3 Å². The number of sulfonamides is 1. The van der Waals surface area contributed by atoms with Gasteiger partial charge in [0.15, 0.2) is 4.60 Å². The summed E-state index contributed by atoms with van der Waals surface area (Å²) in [4.78, 5) is 0. The second kappa shape index (κ2) is 5.64. The minimum absolute atomic E-state index is 0.0540. The second-order valence-corrected chi connectivity index (χ2v) is 6.74. The number of hydrogen-bond acceptors (Lipinski definition) is 5. The molecular formula is C9H16BrN5O2S. The summed E-state index contributed by atoms with van der Waals surface area (Å²) in [6.45, 7) is 1.34. The maximum absolute atomic E-state index is 12.1. The van der Waals surface area contributed by atoms with Gasteiger partial charge in [-0.3, -0.25) is 0 Å². The SMILES string of the molecule is Cn1nnc(Br)c1S(=O)(=O)NCC1CCCCN1. The lowest BCUT2D eigenvalue weighted by molar-refractivity contribution is 0.397. The van der Waals surface area contributed by atoms with Crippen LogP contribution in [-0.2, 0) is 17.1 Å². The molecule has 1 unspecified atom stereocenters. The van der Waals surface area contributed by atoms with E-state index in [0.29, 0.717) is 6.54 Å². The molecule has 0 aromatic carbocycles. The maximum Gasteiger partial charge on any atom is 0.260 e. The molecule has 0 radical (unpaired) electrons. The monoisotopic (exact) mass is 337 g/mol. The highest BCUT2D eigenvalue weighted by Gasteiger charge is 2.25. The van der Waals surface area contributed by atoms with Crippen LogP contribution in [-0.4, -0.2) is 42.5 Å². The molecule has 0 aliphatic carbocycles. The van der Waals surface area contributed by atoms with Crippen molar-refractivity contribution in [2.24, 2.45) is 7.05 Å². The van der Waals surface area contributed by atoms with Crippen LogP contribution in [0.3, 0.4) is 0 Å². The maximum atomic E-state index is 12.1. The van der Waals surface area contributed by atoms with E-state index in [2.05, 4.69) is 36.3 Å². The molecule has 1 aliphatic rings. The molecule has 2 heterocycles. The summed E-state index contributed by atoms with van der Waals surface area (Å²) < 4.78 is 28.3. The lowest BCUT2D eigenvalue weighted by Crippen LogP contribution is -2.43. The zero-order valence-electron chi connectivity index (χ0n) is 10.1. The van der Waals surface area contributed by atoms with E-state index in [1.807, 2.05) is 0 Å². The Labute approximate surface area is 115 Å². The summed E-state index contributed by atoms with van der Waals surface area (Å²) in [6, 6.07) is 0.202. The van der Waals surface area contributed by atoms with Crippen molar-refractivity contribution in [1.82, 2.24) is 25.0 Å². The van der Waals surface area contributed by atoms with E-state index < -0.39 is 10.0 Å². The Hall–Kier alpha value is -0.510. The van der Waals surface area contributed by atoms with Gasteiger partial charge in [-0.1, -0.05) is 11.6 Å². The number of aromatic nitrogens is 3. The molecular weight excluding hydrogens is 322 g/mol. The summed E-state index contributed by atoms with van der Waals surface area (Å²) >= 11 is 3.09. The third-order valence-electron chi connectivity index (χ3n) is 2.92. The molecule has 1 saturated heterocycles. The van der Waals surface area contributed by atoms with Crippen LogP contribution in [0, 0.1) is 0 Å². The highest BCUT2D eigenvalue weighted by Crippen LogP contribution is 2.17. The Kier molecular flexibility index (Phi) is 4.36. The fraction of sp³-hybridized carbons (Fsp3) is 0.778. The third-order valence-corrected chi connectivity index (χ3v) is 5.23. The van der Waals surface area contributed by atoms with Crippen molar-refractivity contribution >= 4 is 26.0 Å². The van der Waals surface area contributed by atoms with Crippen LogP contribution in [0.25, 0.3) is 0 Å². The van der Waals surface area contributed by atoms with E-state index in [9.17, 15) is 8.42 Å². The average molecular weight is 338 g/mol. The molecule has 2 N–H and O–H groups in total. The van der Waals surface area contributed by atoms with Crippen molar-refractivity contribution in [1.29, 1.82) is 0 Å². The Bertz CT molecular complexity index is 490. The standard InChI is InChI=1S/C9H16BrN5O2S/c1-15-9(8(10)13-14-15)18(16,17)12-6-7-4-2-3-5-11-7/h7,11-12H,2-6H2,1H3. The van der Waals surface area contributed by atoms with Gasteiger partial charge in [0, 0.05) is 19.6 Å². The van der Waals surface area contributed by atoms with Crippen LogP contribution in [0.4, 0.5) is 0 Å².